The predicted octanol–water partition coefficient (Wildman–Crippen LogP) is 2.11. The van der Waals surface area contributed by atoms with Gasteiger partial charge in [-0.05, 0) is 31.0 Å². The first-order valence-corrected chi connectivity index (χ1v) is 8.91. The fraction of sp³-hybridized carbons (Fsp3) is 0.316. The highest BCUT2D eigenvalue weighted by molar-refractivity contribution is 5.78. The van der Waals surface area contributed by atoms with Crippen LogP contribution in [0.5, 0.6) is 0 Å². The molecule has 136 valence electrons. The lowest BCUT2D eigenvalue weighted by atomic mass is 10.1. The molecule has 1 saturated heterocycles. The van der Waals surface area contributed by atoms with Crippen molar-refractivity contribution in [2.24, 2.45) is 0 Å². The van der Waals surface area contributed by atoms with Gasteiger partial charge in [0, 0.05) is 31.5 Å². The van der Waals surface area contributed by atoms with E-state index in [4.69, 9.17) is 5.26 Å². The highest BCUT2D eigenvalue weighted by atomic mass is 16.2. The molecule has 0 saturated carbocycles. The molecular formula is C19H19N7O. The van der Waals surface area contributed by atoms with Crippen molar-refractivity contribution >= 4 is 17.4 Å². The maximum absolute atomic E-state index is 12.0. The van der Waals surface area contributed by atoms with E-state index in [9.17, 15) is 4.79 Å². The molecule has 0 aliphatic carbocycles. The van der Waals surface area contributed by atoms with Gasteiger partial charge in [-0.1, -0.05) is 6.07 Å². The molecule has 27 heavy (non-hydrogen) atoms. The third-order valence-electron chi connectivity index (χ3n) is 4.66. The van der Waals surface area contributed by atoms with Gasteiger partial charge >= 0.3 is 0 Å². The standard InChI is InChI=1S/C19H19N7O/c20-8-6-18(27)25-10-3-4-14(13-25)23-16-7-9-21-19(24-16)15-12-22-17-5-1-2-11-26(15)17/h1-2,5,7,9,11-12,14H,3-4,6,10,13H2,(H,21,23,24)/t14-/m1/s1. The minimum atomic E-state index is -0.113. The minimum Gasteiger partial charge on any atom is -0.365 e. The number of amides is 1. The van der Waals surface area contributed by atoms with Gasteiger partial charge in [0.05, 0.1) is 12.3 Å². The smallest absolute Gasteiger partial charge is 0.236 e. The van der Waals surface area contributed by atoms with E-state index in [0.717, 1.165) is 24.2 Å². The van der Waals surface area contributed by atoms with Gasteiger partial charge in [0.1, 0.15) is 23.6 Å². The number of hydrogen-bond acceptors (Lipinski definition) is 6. The molecule has 1 atom stereocenters. The fourth-order valence-corrected chi connectivity index (χ4v) is 3.37. The third kappa shape index (κ3) is 3.58. The van der Waals surface area contributed by atoms with E-state index in [1.807, 2.05) is 40.9 Å². The molecule has 1 N–H and O–H groups in total. The number of pyridine rings is 1. The molecule has 3 aromatic heterocycles. The van der Waals surface area contributed by atoms with Crippen LogP contribution in [0.4, 0.5) is 5.82 Å². The average molecular weight is 361 g/mol. The number of rotatable bonds is 4. The number of carbonyl (C=O) groups excluding carboxylic acids is 1. The Balaban J connectivity index is 1.51. The zero-order chi connectivity index (χ0) is 18.6. The first kappa shape index (κ1) is 17.0. The third-order valence-corrected chi connectivity index (χ3v) is 4.66. The summed E-state index contributed by atoms with van der Waals surface area (Å²) in [5.41, 5.74) is 1.66. The Labute approximate surface area is 156 Å². The first-order valence-electron chi connectivity index (χ1n) is 8.91. The Kier molecular flexibility index (Phi) is 4.66. The second-order valence-electron chi connectivity index (χ2n) is 6.50. The second-order valence-corrected chi connectivity index (χ2v) is 6.50. The van der Waals surface area contributed by atoms with E-state index in [0.29, 0.717) is 24.7 Å². The molecule has 0 radical (unpaired) electrons. The van der Waals surface area contributed by atoms with Crippen molar-refractivity contribution in [2.45, 2.75) is 25.3 Å². The molecule has 3 aromatic rings. The van der Waals surface area contributed by atoms with Crippen LogP contribution in [0.15, 0.2) is 42.9 Å². The zero-order valence-corrected chi connectivity index (χ0v) is 14.7. The van der Waals surface area contributed by atoms with Crippen LogP contribution >= 0.6 is 0 Å². The lowest BCUT2D eigenvalue weighted by molar-refractivity contribution is -0.131. The SMILES string of the molecule is N#CCC(=O)N1CCC[C@@H](Nc2ccnc(-c3cnc4ccccn34)n2)C1. The molecule has 8 heteroatoms. The van der Waals surface area contributed by atoms with Crippen LogP contribution in [-0.2, 0) is 4.79 Å². The van der Waals surface area contributed by atoms with Crippen molar-refractivity contribution in [2.75, 3.05) is 18.4 Å². The van der Waals surface area contributed by atoms with Gasteiger partial charge in [-0.3, -0.25) is 9.20 Å². The summed E-state index contributed by atoms with van der Waals surface area (Å²) in [6.07, 6.45) is 7.19. The molecule has 4 heterocycles. The minimum absolute atomic E-state index is 0.0708. The van der Waals surface area contributed by atoms with E-state index in [1.54, 1.807) is 17.3 Å². The molecule has 0 spiro atoms. The number of fused-ring (bicyclic) bond motifs is 1. The largest absolute Gasteiger partial charge is 0.365 e. The Bertz CT molecular complexity index is 1010. The number of piperidine rings is 1. The summed E-state index contributed by atoms with van der Waals surface area (Å²) in [5.74, 6) is 1.19. The van der Waals surface area contributed by atoms with Crippen molar-refractivity contribution in [1.29, 1.82) is 5.26 Å². The average Bonchev–Trinajstić information content (AvgIpc) is 3.13. The first-order chi connectivity index (χ1) is 13.2. The number of hydrogen-bond donors (Lipinski definition) is 1. The molecule has 0 aromatic carbocycles. The lowest BCUT2D eigenvalue weighted by Crippen LogP contribution is -2.45. The summed E-state index contributed by atoms with van der Waals surface area (Å²) in [5, 5.41) is 12.1. The molecule has 1 amide bonds. The van der Waals surface area contributed by atoms with E-state index >= 15 is 0 Å². The van der Waals surface area contributed by atoms with Crippen LogP contribution in [0.25, 0.3) is 17.2 Å². The molecule has 4 rings (SSSR count). The Morgan fingerprint density at radius 2 is 2.26 bits per heavy atom. The number of nitriles is 1. The molecule has 0 bridgehead atoms. The highest BCUT2D eigenvalue weighted by Gasteiger charge is 2.23. The summed E-state index contributed by atoms with van der Waals surface area (Å²) < 4.78 is 1.95. The number of carbonyl (C=O) groups is 1. The van der Waals surface area contributed by atoms with Gasteiger partial charge in [-0.2, -0.15) is 5.26 Å². The van der Waals surface area contributed by atoms with E-state index in [1.165, 1.54) is 0 Å². The second kappa shape index (κ2) is 7.41. The molecule has 0 unspecified atom stereocenters. The van der Waals surface area contributed by atoms with Crippen LogP contribution < -0.4 is 5.32 Å². The monoisotopic (exact) mass is 361 g/mol. The normalized spacial score (nSPS) is 16.9. The highest BCUT2D eigenvalue weighted by Crippen LogP contribution is 2.20. The number of anilines is 1. The van der Waals surface area contributed by atoms with Crippen LogP contribution in [0.2, 0.25) is 0 Å². The number of nitrogens with one attached hydrogen (secondary N) is 1. The van der Waals surface area contributed by atoms with Crippen molar-refractivity contribution in [3.05, 3.63) is 42.9 Å². The molecule has 8 nitrogen and oxygen atoms in total. The Morgan fingerprint density at radius 3 is 3.15 bits per heavy atom. The lowest BCUT2D eigenvalue weighted by Gasteiger charge is -2.33. The topological polar surface area (TPSA) is 99.2 Å². The van der Waals surface area contributed by atoms with Crippen LogP contribution in [-0.4, -0.2) is 49.3 Å². The number of likely N-dealkylation sites (tertiary alicyclic amines) is 1. The van der Waals surface area contributed by atoms with Crippen LogP contribution in [0, 0.1) is 11.3 Å². The maximum Gasteiger partial charge on any atom is 0.236 e. The van der Waals surface area contributed by atoms with Crippen molar-refractivity contribution in [3.8, 4) is 17.6 Å². The summed E-state index contributed by atoms with van der Waals surface area (Å²) in [6, 6.07) is 9.66. The van der Waals surface area contributed by atoms with Crippen molar-refractivity contribution in [3.63, 3.8) is 0 Å². The molecule has 1 aliphatic heterocycles. The summed E-state index contributed by atoms with van der Waals surface area (Å²) in [7, 11) is 0. The summed E-state index contributed by atoms with van der Waals surface area (Å²) in [4.78, 5) is 27.1. The van der Waals surface area contributed by atoms with Gasteiger partial charge in [-0.25, -0.2) is 15.0 Å². The van der Waals surface area contributed by atoms with E-state index < -0.39 is 0 Å². The van der Waals surface area contributed by atoms with Crippen LogP contribution in [0.1, 0.15) is 19.3 Å². The van der Waals surface area contributed by atoms with Gasteiger partial charge in [0.2, 0.25) is 5.91 Å². The summed E-state index contributed by atoms with van der Waals surface area (Å²) in [6.45, 7) is 1.28. The van der Waals surface area contributed by atoms with Crippen molar-refractivity contribution in [1.82, 2.24) is 24.3 Å². The van der Waals surface area contributed by atoms with E-state index in [-0.39, 0.29) is 18.4 Å². The number of aromatic nitrogens is 4. The van der Waals surface area contributed by atoms with Gasteiger partial charge < -0.3 is 10.2 Å². The number of nitrogens with zero attached hydrogens (tertiary/aromatic N) is 6. The Morgan fingerprint density at radius 1 is 1.33 bits per heavy atom. The summed E-state index contributed by atoms with van der Waals surface area (Å²) >= 11 is 0. The van der Waals surface area contributed by atoms with Crippen molar-refractivity contribution < 1.29 is 4.79 Å². The van der Waals surface area contributed by atoms with Gasteiger partial charge in [0.25, 0.3) is 0 Å². The molecule has 1 aliphatic rings. The molecular weight excluding hydrogens is 342 g/mol. The van der Waals surface area contributed by atoms with E-state index in [2.05, 4.69) is 20.3 Å². The van der Waals surface area contributed by atoms with Gasteiger partial charge in [0.15, 0.2) is 5.82 Å². The fourth-order valence-electron chi connectivity index (χ4n) is 3.37. The zero-order valence-electron chi connectivity index (χ0n) is 14.7. The predicted molar refractivity (Wildman–Crippen MR) is 99.7 cm³/mol. The maximum atomic E-state index is 12.0. The van der Waals surface area contributed by atoms with Gasteiger partial charge in [-0.15, -0.1) is 0 Å². The van der Waals surface area contributed by atoms with Crippen LogP contribution in [0.3, 0.4) is 0 Å². The molecule has 1 fully saturated rings. The Hall–Kier alpha value is -3.47. The number of imidazole rings is 1. The quantitative estimate of drug-likeness (QED) is 0.764.